The summed E-state index contributed by atoms with van der Waals surface area (Å²) >= 11 is 5.71. The summed E-state index contributed by atoms with van der Waals surface area (Å²) in [6.07, 6.45) is 5.13. The first kappa shape index (κ1) is 15.2. The van der Waals surface area contributed by atoms with Crippen LogP contribution in [0, 0.1) is 5.92 Å². The number of unbranched alkanes of at least 4 members (excludes halogenated alkanes) is 1. The third-order valence-electron chi connectivity index (χ3n) is 3.19. The van der Waals surface area contributed by atoms with E-state index in [2.05, 4.69) is 39.6 Å². The maximum atomic E-state index is 5.71. The molecule has 0 aliphatic rings. The number of nitrogens with zero attached hydrogens (tertiary/aromatic N) is 1. The number of halogens is 1. The predicted octanol–water partition coefficient (Wildman–Crippen LogP) is 4.15. The quantitative estimate of drug-likeness (QED) is 0.472. The molecule has 15 heavy (non-hydrogen) atoms. The van der Waals surface area contributed by atoms with E-state index >= 15 is 0 Å². The predicted molar refractivity (Wildman–Crippen MR) is 70.7 cm³/mol. The van der Waals surface area contributed by atoms with Gasteiger partial charge in [-0.15, -0.1) is 11.6 Å². The molecule has 0 aliphatic heterocycles. The van der Waals surface area contributed by atoms with Crippen molar-refractivity contribution in [2.45, 2.75) is 58.9 Å². The van der Waals surface area contributed by atoms with Crippen molar-refractivity contribution in [1.82, 2.24) is 4.90 Å². The van der Waals surface area contributed by atoms with Crippen molar-refractivity contribution < 1.29 is 0 Å². The fourth-order valence-corrected chi connectivity index (χ4v) is 1.88. The van der Waals surface area contributed by atoms with Crippen molar-refractivity contribution in [3.8, 4) is 0 Å². The molecule has 1 atom stereocenters. The van der Waals surface area contributed by atoms with Gasteiger partial charge in [-0.1, -0.05) is 19.8 Å². The van der Waals surface area contributed by atoms with Gasteiger partial charge in [-0.3, -0.25) is 0 Å². The highest BCUT2D eigenvalue weighted by atomic mass is 35.5. The summed E-state index contributed by atoms with van der Waals surface area (Å²) in [5.41, 5.74) is 0.307. The Kier molecular flexibility index (Phi) is 7.64. The Morgan fingerprint density at radius 3 is 2.20 bits per heavy atom. The van der Waals surface area contributed by atoms with Gasteiger partial charge in [-0.2, -0.15) is 0 Å². The molecule has 0 rings (SSSR count). The molecule has 0 N–H and O–H groups in total. The molecule has 92 valence electrons. The van der Waals surface area contributed by atoms with E-state index in [4.69, 9.17) is 11.6 Å². The lowest BCUT2D eigenvalue weighted by Gasteiger charge is -2.31. The monoisotopic (exact) mass is 233 g/mol. The van der Waals surface area contributed by atoms with Crippen molar-refractivity contribution in [2.75, 3.05) is 19.5 Å². The summed E-state index contributed by atoms with van der Waals surface area (Å²) < 4.78 is 0. The second-order valence-electron chi connectivity index (χ2n) is 5.67. The van der Waals surface area contributed by atoms with Gasteiger partial charge in [0.1, 0.15) is 0 Å². The van der Waals surface area contributed by atoms with E-state index in [1.54, 1.807) is 0 Å². The van der Waals surface area contributed by atoms with E-state index in [0.717, 1.165) is 18.2 Å². The van der Waals surface area contributed by atoms with Crippen LogP contribution in [-0.4, -0.2) is 29.9 Å². The van der Waals surface area contributed by atoms with Crippen molar-refractivity contribution in [2.24, 2.45) is 5.92 Å². The topological polar surface area (TPSA) is 3.24 Å². The maximum Gasteiger partial charge on any atom is 0.0225 e. The SMILES string of the molecule is CC(CCCl)CCCCN(C)C(C)(C)C. The van der Waals surface area contributed by atoms with Gasteiger partial charge in [0.2, 0.25) is 0 Å². The van der Waals surface area contributed by atoms with Crippen LogP contribution >= 0.6 is 11.6 Å². The van der Waals surface area contributed by atoms with Crippen molar-refractivity contribution >= 4 is 11.6 Å². The normalized spacial score (nSPS) is 14.6. The van der Waals surface area contributed by atoms with Crippen LogP contribution in [0.25, 0.3) is 0 Å². The summed E-state index contributed by atoms with van der Waals surface area (Å²) in [6, 6.07) is 0. The Balaban J connectivity index is 3.46. The van der Waals surface area contributed by atoms with E-state index in [0.29, 0.717) is 5.54 Å². The van der Waals surface area contributed by atoms with Gasteiger partial charge in [-0.05, 0) is 53.1 Å². The molecule has 0 aromatic heterocycles. The fraction of sp³-hybridized carbons (Fsp3) is 1.00. The van der Waals surface area contributed by atoms with Crippen LogP contribution in [0.4, 0.5) is 0 Å². The van der Waals surface area contributed by atoms with Crippen molar-refractivity contribution in [3.63, 3.8) is 0 Å². The minimum atomic E-state index is 0.307. The average Bonchev–Trinajstić information content (AvgIpc) is 2.11. The van der Waals surface area contributed by atoms with Gasteiger partial charge in [0.15, 0.2) is 0 Å². The smallest absolute Gasteiger partial charge is 0.0225 e. The minimum absolute atomic E-state index is 0.307. The molecule has 0 heterocycles. The van der Waals surface area contributed by atoms with E-state index in [1.165, 1.54) is 25.8 Å². The fourth-order valence-electron chi connectivity index (χ4n) is 1.51. The first-order valence-electron chi connectivity index (χ1n) is 6.15. The second-order valence-corrected chi connectivity index (χ2v) is 6.05. The Labute approximate surface area is 101 Å². The Hall–Kier alpha value is 0.250. The highest BCUT2D eigenvalue weighted by Crippen LogP contribution is 2.15. The molecule has 0 saturated heterocycles. The third kappa shape index (κ3) is 8.10. The molecular formula is C13H28ClN. The molecule has 0 amide bonds. The van der Waals surface area contributed by atoms with Crippen molar-refractivity contribution in [1.29, 1.82) is 0 Å². The molecule has 0 fully saturated rings. The van der Waals surface area contributed by atoms with Gasteiger partial charge in [-0.25, -0.2) is 0 Å². The number of alkyl halides is 1. The van der Waals surface area contributed by atoms with Crippen LogP contribution in [0.1, 0.15) is 53.4 Å². The number of rotatable bonds is 7. The molecule has 0 spiro atoms. The molecule has 0 saturated carbocycles. The third-order valence-corrected chi connectivity index (χ3v) is 3.41. The molecule has 1 nitrogen and oxygen atoms in total. The molecule has 0 aliphatic carbocycles. The zero-order chi connectivity index (χ0) is 11.9. The molecule has 1 unspecified atom stereocenters. The molecule has 0 aromatic carbocycles. The van der Waals surface area contributed by atoms with Crippen LogP contribution in [0.5, 0.6) is 0 Å². The van der Waals surface area contributed by atoms with E-state index < -0.39 is 0 Å². The molecule has 0 radical (unpaired) electrons. The first-order valence-corrected chi connectivity index (χ1v) is 6.68. The van der Waals surface area contributed by atoms with Gasteiger partial charge in [0.25, 0.3) is 0 Å². The van der Waals surface area contributed by atoms with E-state index in [1.807, 2.05) is 0 Å². The van der Waals surface area contributed by atoms with Gasteiger partial charge in [0.05, 0.1) is 0 Å². The van der Waals surface area contributed by atoms with Crippen molar-refractivity contribution in [3.05, 3.63) is 0 Å². The average molecular weight is 234 g/mol. The Morgan fingerprint density at radius 1 is 1.13 bits per heavy atom. The number of hydrogen-bond donors (Lipinski definition) is 0. The van der Waals surface area contributed by atoms with Gasteiger partial charge >= 0.3 is 0 Å². The lowest BCUT2D eigenvalue weighted by molar-refractivity contribution is 0.171. The molecular weight excluding hydrogens is 206 g/mol. The highest BCUT2D eigenvalue weighted by Gasteiger charge is 2.15. The minimum Gasteiger partial charge on any atom is -0.302 e. The van der Waals surface area contributed by atoms with Crippen LogP contribution in [0.2, 0.25) is 0 Å². The Morgan fingerprint density at radius 2 is 1.73 bits per heavy atom. The molecule has 2 heteroatoms. The summed E-state index contributed by atoms with van der Waals surface area (Å²) in [7, 11) is 2.21. The van der Waals surface area contributed by atoms with Crippen LogP contribution in [0.3, 0.4) is 0 Å². The van der Waals surface area contributed by atoms with Gasteiger partial charge in [0, 0.05) is 11.4 Å². The van der Waals surface area contributed by atoms with Crippen LogP contribution < -0.4 is 0 Å². The standard InChI is InChI=1S/C13H28ClN/c1-12(9-10-14)8-6-7-11-15(5)13(2,3)4/h12H,6-11H2,1-5H3. The van der Waals surface area contributed by atoms with Crippen LogP contribution in [-0.2, 0) is 0 Å². The lowest BCUT2D eigenvalue weighted by atomic mass is 10.0. The zero-order valence-corrected chi connectivity index (χ0v) is 11.9. The van der Waals surface area contributed by atoms with Gasteiger partial charge < -0.3 is 4.90 Å². The summed E-state index contributed by atoms with van der Waals surface area (Å²) in [5.74, 6) is 1.60. The number of hydrogen-bond acceptors (Lipinski definition) is 1. The van der Waals surface area contributed by atoms with E-state index in [9.17, 15) is 0 Å². The zero-order valence-electron chi connectivity index (χ0n) is 11.1. The summed E-state index contributed by atoms with van der Waals surface area (Å²) in [5, 5.41) is 0. The molecule has 0 bridgehead atoms. The second kappa shape index (κ2) is 7.51. The largest absolute Gasteiger partial charge is 0.302 e. The van der Waals surface area contributed by atoms with E-state index in [-0.39, 0.29) is 0 Å². The summed E-state index contributed by atoms with van der Waals surface area (Å²) in [4.78, 5) is 2.43. The lowest BCUT2D eigenvalue weighted by Crippen LogP contribution is -2.38. The Bertz CT molecular complexity index is 151. The molecule has 0 aromatic rings. The first-order chi connectivity index (χ1) is 6.88. The summed E-state index contributed by atoms with van der Waals surface area (Å²) in [6.45, 7) is 10.3. The maximum absolute atomic E-state index is 5.71. The van der Waals surface area contributed by atoms with Crippen LogP contribution in [0.15, 0.2) is 0 Å². The highest BCUT2D eigenvalue weighted by molar-refractivity contribution is 6.17.